The van der Waals surface area contributed by atoms with Gasteiger partial charge in [0.15, 0.2) is 0 Å². The van der Waals surface area contributed by atoms with Crippen molar-refractivity contribution in [3.05, 3.63) is 63.6 Å². The Kier molecular flexibility index (Phi) is 6.41. The van der Waals surface area contributed by atoms with Crippen molar-refractivity contribution in [2.24, 2.45) is 0 Å². The Labute approximate surface area is 172 Å². The van der Waals surface area contributed by atoms with E-state index in [4.69, 9.17) is 11.6 Å². The van der Waals surface area contributed by atoms with Crippen molar-refractivity contribution >= 4 is 43.6 Å². The normalized spacial score (nSPS) is 15.6. The van der Waals surface area contributed by atoms with E-state index in [9.17, 15) is 13.2 Å². The number of hydrogen-bond acceptors (Lipinski definition) is 3. The van der Waals surface area contributed by atoms with E-state index in [0.29, 0.717) is 19.6 Å². The topological polar surface area (TPSA) is 69.7 Å². The molecule has 0 aliphatic carbocycles. The fourth-order valence-electron chi connectivity index (χ4n) is 2.86. The van der Waals surface area contributed by atoms with Crippen LogP contribution in [-0.2, 0) is 16.6 Å². The molecule has 0 radical (unpaired) electrons. The van der Waals surface area contributed by atoms with E-state index in [1.807, 2.05) is 24.3 Å². The summed E-state index contributed by atoms with van der Waals surface area (Å²) in [6.07, 6.45) is 0. The molecule has 1 N–H and O–H groups in total. The fraction of sp³-hybridized carbons (Fsp3) is 0.278. The number of benzene rings is 2. The average molecular weight is 473 g/mol. The lowest BCUT2D eigenvalue weighted by molar-refractivity contribution is 0.172. The van der Waals surface area contributed by atoms with Crippen molar-refractivity contribution in [1.82, 2.24) is 14.5 Å². The van der Waals surface area contributed by atoms with Gasteiger partial charge in [-0.25, -0.2) is 13.2 Å². The number of nitrogens with one attached hydrogen (secondary N) is 1. The summed E-state index contributed by atoms with van der Waals surface area (Å²) in [5, 5.41) is 3.07. The number of halogens is 2. The summed E-state index contributed by atoms with van der Waals surface area (Å²) in [7, 11) is -3.66. The van der Waals surface area contributed by atoms with Gasteiger partial charge in [-0.1, -0.05) is 51.8 Å². The molecule has 1 fully saturated rings. The molecule has 6 nitrogen and oxygen atoms in total. The molecule has 2 aromatic carbocycles. The maximum Gasteiger partial charge on any atom is 0.317 e. The first kappa shape index (κ1) is 20.1. The lowest BCUT2D eigenvalue weighted by Gasteiger charge is -2.34. The van der Waals surface area contributed by atoms with Gasteiger partial charge < -0.3 is 10.2 Å². The predicted octanol–water partition coefficient (Wildman–Crippen LogP) is 3.32. The second-order valence-corrected chi connectivity index (χ2v) is 9.34. The van der Waals surface area contributed by atoms with Gasteiger partial charge in [-0.15, -0.1) is 0 Å². The fourth-order valence-corrected chi connectivity index (χ4v) is 5.22. The minimum absolute atomic E-state index is 0.0965. The van der Waals surface area contributed by atoms with Gasteiger partial charge in [0.1, 0.15) is 4.90 Å². The van der Waals surface area contributed by atoms with Gasteiger partial charge in [0.2, 0.25) is 10.0 Å². The smallest absolute Gasteiger partial charge is 0.317 e. The van der Waals surface area contributed by atoms with Crippen LogP contribution in [0.4, 0.5) is 4.79 Å². The van der Waals surface area contributed by atoms with Crippen molar-refractivity contribution in [2.45, 2.75) is 11.4 Å². The highest BCUT2D eigenvalue weighted by Gasteiger charge is 2.31. The third-order valence-electron chi connectivity index (χ3n) is 4.31. The van der Waals surface area contributed by atoms with Crippen molar-refractivity contribution in [2.75, 3.05) is 26.2 Å². The zero-order chi connectivity index (χ0) is 19.4. The van der Waals surface area contributed by atoms with Crippen LogP contribution in [0.5, 0.6) is 0 Å². The highest BCUT2D eigenvalue weighted by Crippen LogP contribution is 2.25. The van der Waals surface area contributed by atoms with Crippen LogP contribution < -0.4 is 5.32 Å². The molecule has 3 rings (SSSR count). The number of urea groups is 1. The molecular formula is C18H19BrClN3O3S. The van der Waals surface area contributed by atoms with Gasteiger partial charge in [0.25, 0.3) is 0 Å². The van der Waals surface area contributed by atoms with Crippen LogP contribution in [0.2, 0.25) is 5.02 Å². The number of nitrogens with zero attached hydrogens (tertiary/aromatic N) is 2. The number of rotatable bonds is 4. The van der Waals surface area contributed by atoms with Crippen LogP contribution in [-0.4, -0.2) is 49.8 Å². The van der Waals surface area contributed by atoms with Gasteiger partial charge >= 0.3 is 6.03 Å². The first-order valence-electron chi connectivity index (χ1n) is 8.40. The molecular weight excluding hydrogens is 454 g/mol. The molecule has 0 spiro atoms. The third-order valence-corrected chi connectivity index (χ3v) is 7.20. The Hall–Kier alpha value is -1.61. The van der Waals surface area contributed by atoms with E-state index in [1.165, 1.54) is 10.4 Å². The summed E-state index contributed by atoms with van der Waals surface area (Å²) in [5.41, 5.74) is 0.984. The molecule has 0 aromatic heterocycles. The number of carbonyl (C=O) groups excluding carboxylic acids is 1. The molecule has 2 amide bonds. The Morgan fingerprint density at radius 1 is 1.07 bits per heavy atom. The molecule has 0 unspecified atom stereocenters. The molecule has 0 saturated carbocycles. The van der Waals surface area contributed by atoms with Crippen LogP contribution in [0.3, 0.4) is 0 Å². The first-order chi connectivity index (χ1) is 12.9. The molecule has 0 atom stereocenters. The van der Waals surface area contributed by atoms with E-state index in [0.717, 1.165) is 10.0 Å². The standard InChI is InChI=1S/C18H19BrClN3O3S/c19-15-5-3-4-14(12-15)13-21-18(24)22-8-10-23(11-9-22)27(25,26)17-7-2-1-6-16(17)20/h1-7,12H,8-11,13H2,(H,21,24). The lowest BCUT2D eigenvalue weighted by atomic mass is 10.2. The maximum atomic E-state index is 12.7. The average Bonchev–Trinajstić information content (AvgIpc) is 2.66. The molecule has 27 heavy (non-hydrogen) atoms. The maximum absolute atomic E-state index is 12.7. The minimum atomic E-state index is -3.66. The molecule has 0 bridgehead atoms. The molecule has 1 saturated heterocycles. The van der Waals surface area contributed by atoms with Crippen molar-refractivity contribution < 1.29 is 13.2 Å². The number of piperazine rings is 1. The van der Waals surface area contributed by atoms with Crippen LogP contribution in [0, 0.1) is 0 Å². The SMILES string of the molecule is O=C(NCc1cccc(Br)c1)N1CCN(S(=O)(=O)c2ccccc2Cl)CC1. The third kappa shape index (κ3) is 4.82. The summed E-state index contributed by atoms with van der Waals surface area (Å²) in [6.45, 7) is 1.54. The quantitative estimate of drug-likeness (QED) is 0.742. The largest absolute Gasteiger partial charge is 0.334 e. The molecule has 1 aliphatic rings. The van der Waals surface area contributed by atoms with E-state index >= 15 is 0 Å². The highest BCUT2D eigenvalue weighted by molar-refractivity contribution is 9.10. The van der Waals surface area contributed by atoms with Crippen molar-refractivity contribution in [3.8, 4) is 0 Å². The highest BCUT2D eigenvalue weighted by atomic mass is 79.9. The van der Waals surface area contributed by atoms with E-state index < -0.39 is 10.0 Å². The van der Waals surface area contributed by atoms with E-state index in [2.05, 4.69) is 21.2 Å². The number of amides is 2. The van der Waals surface area contributed by atoms with Crippen LogP contribution in [0.1, 0.15) is 5.56 Å². The monoisotopic (exact) mass is 471 g/mol. The summed E-state index contributed by atoms with van der Waals surface area (Å²) in [4.78, 5) is 14.1. The summed E-state index contributed by atoms with van der Waals surface area (Å²) < 4.78 is 27.8. The predicted molar refractivity (Wildman–Crippen MR) is 108 cm³/mol. The lowest BCUT2D eigenvalue weighted by Crippen LogP contribution is -2.53. The molecule has 2 aromatic rings. The minimum Gasteiger partial charge on any atom is -0.334 e. The zero-order valence-corrected chi connectivity index (χ0v) is 17.6. The first-order valence-corrected chi connectivity index (χ1v) is 11.0. The van der Waals surface area contributed by atoms with Gasteiger partial charge in [-0.2, -0.15) is 4.31 Å². The van der Waals surface area contributed by atoms with Crippen molar-refractivity contribution in [1.29, 1.82) is 0 Å². The van der Waals surface area contributed by atoms with Crippen LogP contribution in [0.15, 0.2) is 57.9 Å². The second kappa shape index (κ2) is 8.60. The Balaban J connectivity index is 1.57. The van der Waals surface area contributed by atoms with Gasteiger partial charge in [0.05, 0.1) is 5.02 Å². The molecule has 9 heteroatoms. The summed E-state index contributed by atoms with van der Waals surface area (Å²) in [6, 6.07) is 13.9. The number of hydrogen-bond donors (Lipinski definition) is 1. The Morgan fingerprint density at radius 3 is 2.44 bits per heavy atom. The summed E-state index contributed by atoms with van der Waals surface area (Å²) >= 11 is 9.43. The Morgan fingerprint density at radius 2 is 1.78 bits per heavy atom. The van der Waals surface area contributed by atoms with Crippen molar-refractivity contribution in [3.63, 3.8) is 0 Å². The number of sulfonamides is 1. The van der Waals surface area contributed by atoms with E-state index in [1.54, 1.807) is 23.1 Å². The Bertz CT molecular complexity index is 931. The molecule has 144 valence electrons. The molecule has 1 aliphatic heterocycles. The second-order valence-electron chi connectivity index (χ2n) is 6.11. The van der Waals surface area contributed by atoms with Gasteiger partial charge in [0, 0.05) is 37.2 Å². The van der Waals surface area contributed by atoms with Gasteiger partial charge in [-0.3, -0.25) is 0 Å². The molecule has 1 heterocycles. The van der Waals surface area contributed by atoms with Crippen LogP contribution >= 0.6 is 27.5 Å². The van der Waals surface area contributed by atoms with Crippen LogP contribution in [0.25, 0.3) is 0 Å². The van der Waals surface area contributed by atoms with E-state index in [-0.39, 0.29) is 29.0 Å². The number of carbonyl (C=O) groups is 1. The zero-order valence-electron chi connectivity index (χ0n) is 14.4. The summed E-state index contributed by atoms with van der Waals surface area (Å²) in [5.74, 6) is 0. The van der Waals surface area contributed by atoms with Gasteiger partial charge in [-0.05, 0) is 29.8 Å².